The smallest absolute Gasteiger partial charge is 0.394 e. The molecule has 2 unspecified atom stereocenters. The Hall–Kier alpha value is -0.540. The zero-order valence-corrected chi connectivity index (χ0v) is 22.0. The first kappa shape index (κ1) is 33.5. The van der Waals surface area contributed by atoms with Crippen molar-refractivity contribution in [1.82, 2.24) is 0 Å². The minimum atomic E-state index is -4.39. The largest absolute Gasteiger partial charge is 0.532 e. The maximum Gasteiger partial charge on any atom is 0.532 e. The van der Waals surface area contributed by atoms with E-state index in [1.807, 2.05) is 0 Å². The molecule has 4 N–H and O–H groups in total. The first-order valence-electron chi connectivity index (χ1n) is 13.1. The van der Waals surface area contributed by atoms with Crippen LogP contribution in [0.5, 0.6) is 0 Å². The third kappa shape index (κ3) is 20.8. The van der Waals surface area contributed by atoms with E-state index in [2.05, 4.69) is 6.92 Å². The fourth-order valence-corrected chi connectivity index (χ4v) is 4.59. The normalized spacial score (nSPS) is 15.1. The van der Waals surface area contributed by atoms with Crippen LogP contribution in [0.1, 0.15) is 110 Å². The van der Waals surface area contributed by atoms with Crippen molar-refractivity contribution in [1.29, 1.82) is 0 Å². The average molecular weight is 513 g/mol. The number of aliphatic hydroxyl groups is 4. The molecule has 204 valence electrons. The van der Waals surface area contributed by atoms with Crippen LogP contribution in [0.3, 0.4) is 0 Å². The van der Waals surface area contributed by atoms with Gasteiger partial charge in [0.15, 0.2) is 0 Å². The zero-order chi connectivity index (χ0) is 25.5. The molecular formula is C24H49O9P. The number of rotatable bonds is 25. The van der Waals surface area contributed by atoms with Crippen molar-refractivity contribution in [3.05, 3.63) is 0 Å². The van der Waals surface area contributed by atoms with E-state index in [1.165, 1.54) is 70.6 Å². The van der Waals surface area contributed by atoms with Gasteiger partial charge < -0.3 is 24.9 Å². The highest BCUT2D eigenvalue weighted by Crippen LogP contribution is 2.50. The molecule has 0 amide bonds. The zero-order valence-electron chi connectivity index (χ0n) is 21.1. The van der Waals surface area contributed by atoms with Crippen molar-refractivity contribution in [2.75, 3.05) is 26.4 Å². The Morgan fingerprint density at radius 3 is 1.38 bits per heavy atom. The molecule has 0 aromatic heterocycles. The molecule has 0 bridgehead atoms. The lowest BCUT2D eigenvalue weighted by Gasteiger charge is -2.19. The minimum absolute atomic E-state index is 0.0417. The van der Waals surface area contributed by atoms with E-state index in [4.69, 9.17) is 23.8 Å². The summed E-state index contributed by atoms with van der Waals surface area (Å²) in [6.07, 6.45) is 15.5. The van der Waals surface area contributed by atoms with Crippen LogP contribution in [-0.4, -0.2) is 65.0 Å². The third-order valence-corrected chi connectivity index (χ3v) is 6.83. The van der Waals surface area contributed by atoms with Gasteiger partial charge in [-0.2, -0.15) is 0 Å². The predicted octanol–water partition coefficient (Wildman–Crippen LogP) is 4.64. The summed E-state index contributed by atoms with van der Waals surface area (Å²) in [7, 11) is -4.39. The predicted molar refractivity (Wildman–Crippen MR) is 131 cm³/mol. The number of aliphatic hydroxyl groups excluding tert-OH is 4. The van der Waals surface area contributed by atoms with Gasteiger partial charge in [-0.25, -0.2) is 4.57 Å². The standard InChI is InChI=1S/C24H49O9P/c1-2-3-4-5-6-7-8-9-10-11-12-13-14-15-16-17-24(29)33-34(30,31-20-22(27)18-25)32-21-23(28)19-26/h22-23,25-28H,2-21H2,1H3. The van der Waals surface area contributed by atoms with Crippen molar-refractivity contribution in [2.45, 2.75) is 122 Å². The number of carbonyl (C=O) groups is 1. The summed E-state index contributed by atoms with van der Waals surface area (Å²) < 4.78 is 27.1. The third-order valence-electron chi connectivity index (χ3n) is 5.47. The van der Waals surface area contributed by atoms with Gasteiger partial charge in [0.25, 0.3) is 0 Å². The van der Waals surface area contributed by atoms with E-state index >= 15 is 0 Å². The average Bonchev–Trinajstić information content (AvgIpc) is 2.83. The number of unbranched alkanes of at least 4 members (excludes halogenated alkanes) is 14. The molecule has 0 saturated heterocycles. The first-order valence-corrected chi connectivity index (χ1v) is 14.5. The van der Waals surface area contributed by atoms with Crippen LogP contribution in [0.2, 0.25) is 0 Å². The van der Waals surface area contributed by atoms with Crippen LogP contribution < -0.4 is 0 Å². The van der Waals surface area contributed by atoms with Gasteiger partial charge >= 0.3 is 13.8 Å². The minimum Gasteiger partial charge on any atom is -0.394 e. The van der Waals surface area contributed by atoms with E-state index < -0.39 is 52.4 Å². The number of carbonyl (C=O) groups excluding carboxylic acids is 1. The summed E-state index contributed by atoms with van der Waals surface area (Å²) in [5, 5.41) is 36.4. The topological polar surface area (TPSA) is 143 Å². The van der Waals surface area contributed by atoms with Gasteiger partial charge in [-0.15, -0.1) is 0 Å². The van der Waals surface area contributed by atoms with Crippen LogP contribution in [0.25, 0.3) is 0 Å². The van der Waals surface area contributed by atoms with Crippen molar-refractivity contribution in [3.63, 3.8) is 0 Å². The van der Waals surface area contributed by atoms with Crippen LogP contribution >= 0.6 is 7.82 Å². The molecule has 34 heavy (non-hydrogen) atoms. The SMILES string of the molecule is CCCCCCCCCCCCCCCCCC(=O)OP(=O)(OCC(O)CO)OCC(O)CO. The van der Waals surface area contributed by atoms with Crippen LogP contribution in [0.15, 0.2) is 0 Å². The van der Waals surface area contributed by atoms with Crippen LogP contribution in [0.4, 0.5) is 0 Å². The summed E-state index contributed by atoms with van der Waals surface area (Å²) in [6.45, 7) is -0.172. The van der Waals surface area contributed by atoms with Crippen LogP contribution in [-0.2, 0) is 22.9 Å². The molecule has 0 aromatic rings. The van der Waals surface area contributed by atoms with E-state index in [-0.39, 0.29) is 6.42 Å². The molecule has 0 heterocycles. The fraction of sp³-hybridized carbons (Fsp3) is 0.958. The lowest BCUT2D eigenvalue weighted by molar-refractivity contribution is -0.137. The number of phosphoric acid groups is 1. The molecule has 2 atom stereocenters. The Labute approximate surface area is 205 Å². The number of hydrogen-bond acceptors (Lipinski definition) is 9. The number of phosphoric ester groups is 1. The van der Waals surface area contributed by atoms with E-state index in [0.29, 0.717) is 6.42 Å². The second-order valence-corrected chi connectivity index (χ2v) is 10.5. The molecular weight excluding hydrogens is 463 g/mol. The Balaban J connectivity index is 3.86. The molecule has 0 aliphatic carbocycles. The van der Waals surface area contributed by atoms with Gasteiger partial charge in [-0.3, -0.25) is 13.8 Å². The van der Waals surface area contributed by atoms with Gasteiger partial charge in [0.05, 0.1) is 26.4 Å². The molecule has 0 fully saturated rings. The molecule has 0 aliphatic rings. The van der Waals surface area contributed by atoms with Crippen LogP contribution in [0, 0.1) is 0 Å². The second kappa shape index (κ2) is 22.9. The van der Waals surface area contributed by atoms with Crippen molar-refractivity contribution < 1.29 is 43.4 Å². The summed E-state index contributed by atoms with van der Waals surface area (Å²) in [4.78, 5) is 12.0. The molecule has 0 radical (unpaired) electrons. The van der Waals surface area contributed by atoms with Gasteiger partial charge in [0.1, 0.15) is 12.2 Å². The van der Waals surface area contributed by atoms with E-state index in [9.17, 15) is 19.6 Å². The molecule has 0 saturated carbocycles. The Morgan fingerprint density at radius 1 is 0.676 bits per heavy atom. The van der Waals surface area contributed by atoms with E-state index in [1.54, 1.807) is 0 Å². The van der Waals surface area contributed by atoms with Crippen molar-refractivity contribution in [3.8, 4) is 0 Å². The lowest BCUT2D eigenvalue weighted by Crippen LogP contribution is -2.23. The van der Waals surface area contributed by atoms with Crippen molar-refractivity contribution in [2.24, 2.45) is 0 Å². The molecule has 0 aromatic carbocycles. The lowest BCUT2D eigenvalue weighted by atomic mass is 10.0. The van der Waals surface area contributed by atoms with Crippen molar-refractivity contribution >= 4 is 13.8 Å². The van der Waals surface area contributed by atoms with Gasteiger partial charge in [-0.05, 0) is 6.42 Å². The highest BCUT2D eigenvalue weighted by atomic mass is 31.2. The van der Waals surface area contributed by atoms with Gasteiger partial charge in [-0.1, -0.05) is 96.8 Å². The second-order valence-electron chi connectivity index (χ2n) is 8.87. The monoisotopic (exact) mass is 512 g/mol. The highest BCUT2D eigenvalue weighted by molar-refractivity contribution is 7.49. The van der Waals surface area contributed by atoms with Gasteiger partial charge in [0.2, 0.25) is 0 Å². The fourth-order valence-electron chi connectivity index (χ4n) is 3.36. The highest BCUT2D eigenvalue weighted by Gasteiger charge is 2.32. The van der Waals surface area contributed by atoms with Gasteiger partial charge in [0, 0.05) is 6.42 Å². The maximum atomic E-state index is 12.6. The Morgan fingerprint density at radius 2 is 1.03 bits per heavy atom. The Kier molecular flexibility index (Phi) is 22.5. The van der Waals surface area contributed by atoms with E-state index in [0.717, 1.165) is 19.3 Å². The Bertz CT molecular complexity index is 501. The quantitative estimate of drug-likeness (QED) is 0.102. The summed E-state index contributed by atoms with van der Waals surface area (Å²) >= 11 is 0. The number of hydrogen-bond donors (Lipinski definition) is 4. The molecule has 0 aliphatic heterocycles. The summed E-state index contributed by atoms with van der Waals surface area (Å²) in [6, 6.07) is 0. The first-order chi connectivity index (χ1) is 16.4. The summed E-state index contributed by atoms with van der Waals surface area (Å²) in [5.74, 6) is -0.769. The molecule has 0 rings (SSSR count). The maximum absolute atomic E-state index is 12.6. The molecule has 10 heteroatoms. The molecule has 0 spiro atoms. The summed E-state index contributed by atoms with van der Waals surface area (Å²) in [5.41, 5.74) is 0. The molecule has 9 nitrogen and oxygen atoms in total.